The minimum absolute atomic E-state index is 0.258. The van der Waals surface area contributed by atoms with Crippen LogP contribution < -0.4 is 4.74 Å². The summed E-state index contributed by atoms with van der Waals surface area (Å²) in [6.07, 6.45) is 9.81. The van der Waals surface area contributed by atoms with Gasteiger partial charge in [-0.3, -0.25) is 0 Å². The van der Waals surface area contributed by atoms with Crippen LogP contribution >= 0.6 is 11.6 Å². The predicted octanol–water partition coefficient (Wildman–Crippen LogP) is 4.69. The molecule has 1 fully saturated rings. The van der Waals surface area contributed by atoms with Gasteiger partial charge in [-0.25, -0.2) is 9.97 Å². The molecule has 0 radical (unpaired) electrons. The fraction of sp³-hybridized carbons (Fsp3) is 0.389. The monoisotopic (exact) mass is 342 g/mol. The van der Waals surface area contributed by atoms with Crippen LogP contribution in [0.15, 0.2) is 24.5 Å². The Morgan fingerprint density at radius 1 is 1.21 bits per heavy atom. The van der Waals surface area contributed by atoms with Gasteiger partial charge < -0.3 is 9.72 Å². The molecule has 0 spiro atoms. The van der Waals surface area contributed by atoms with Crippen LogP contribution in [0.4, 0.5) is 0 Å². The summed E-state index contributed by atoms with van der Waals surface area (Å²) in [5.41, 5.74) is 2.66. The van der Waals surface area contributed by atoms with Gasteiger partial charge in [0.1, 0.15) is 17.1 Å². The third-order valence-corrected chi connectivity index (χ3v) is 4.76. The Morgan fingerprint density at radius 2 is 2.04 bits per heavy atom. The summed E-state index contributed by atoms with van der Waals surface area (Å²) in [5, 5.41) is 1.34. The number of nitrogens with one attached hydrogen (secondary N) is 1. The second-order valence-electron chi connectivity index (χ2n) is 6.24. The van der Waals surface area contributed by atoms with Crippen LogP contribution in [0.25, 0.3) is 22.2 Å². The Hall–Kier alpha value is -2.14. The number of aryl methyl sites for hydroxylation is 1. The maximum absolute atomic E-state index is 6.28. The van der Waals surface area contributed by atoms with Crippen LogP contribution in [0, 0.1) is 6.92 Å². The van der Waals surface area contributed by atoms with Crippen molar-refractivity contribution >= 4 is 22.5 Å². The number of halogens is 1. The number of ether oxygens (including phenoxy) is 1. The van der Waals surface area contributed by atoms with Crippen molar-refractivity contribution in [1.29, 1.82) is 0 Å². The average Bonchev–Trinajstić information content (AvgIpc) is 3.01. The van der Waals surface area contributed by atoms with E-state index in [0.29, 0.717) is 16.9 Å². The second-order valence-corrected chi connectivity index (χ2v) is 6.60. The lowest BCUT2D eigenvalue weighted by atomic mass is 9.98. The number of aromatic nitrogens is 4. The minimum atomic E-state index is 0.258. The number of H-pyrrole nitrogens is 1. The minimum Gasteiger partial charge on any atom is -0.474 e. The molecule has 0 bridgehead atoms. The van der Waals surface area contributed by atoms with Crippen molar-refractivity contribution in [3.05, 3.63) is 35.5 Å². The van der Waals surface area contributed by atoms with Crippen LogP contribution in [0.2, 0.25) is 5.15 Å². The zero-order valence-corrected chi connectivity index (χ0v) is 14.3. The molecule has 6 heteroatoms. The summed E-state index contributed by atoms with van der Waals surface area (Å²) in [6, 6.07) is 3.80. The SMILES string of the molecule is Cc1nc(OC2CCCCC2)cc(-c2c[nH]c3ccnc(Cl)c23)n1. The summed E-state index contributed by atoms with van der Waals surface area (Å²) < 4.78 is 6.11. The maximum Gasteiger partial charge on any atom is 0.217 e. The van der Waals surface area contributed by atoms with Crippen LogP contribution in [-0.2, 0) is 0 Å². The van der Waals surface area contributed by atoms with Gasteiger partial charge in [0.05, 0.1) is 11.2 Å². The van der Waals surface area contributed by atoms with E-state index in [9.17, 15) is 0 Å². The fourth-order valence-electron chi connectivity index (χ4n) is 3.33. The Labute approximate surface area is 145 Å². The van der Waals surface area contributed by atoms with Crippen molar-refractivity contribution in [2.45, 2.75) is 45.1 Å². The summed E-state index contributed by atoms with van der Waals surface area (Å²) in [5.74, 6) is 1.33. The first kappa shape index (κ1) is 15.4. The molecule has 0 amide bonds. The Bertz CT molecular complexity index is 871. The molecule has 1 aliphatic carbocycles. The molecule has 0 unspecified atom stereocenters. The molecule has 24 heavy (non-hydrogen) atoms. The highest BCUT2D eigenvalue weighted by Crippen LogP contribution is 2.33. The lowest BCUT2D eigenvalue weighted by Gasteiger charge is -2.22. The maximum atomic E-state index is 6.28. The van der Waals surface area contributed by atoms with Gasteiger partial charge in [-0.2, -0.15) is 4.98 Å². The van der Waals surface area contributed by atoms with Crippen molar-refractivity contribution in [2.75, 3.05) is 0 Å². The van der Waals surface area contributed by atoms with E-state index in [-0.39, 0.29) is 6.10 Å². The Kier molecular flexibility index (Phi) is 4.10. The summed E-state index contributed by atoms with van der Waals surface area (Å²) in [6.45, 7) is 1.88. The molecule has 0 saturated heterocycles. The van der Waals surface area contributed by atoms with E-state index in [2.05, 4.69) is 19.9 Å². The predicted molar refractivity (Wildman–Crippen MR) is 94.4 cm³/mol. The van der Waals surface area contributed by atoms with E-state index in [4.69, 9.17) is 16.3 Å². The van der Waals surface area contributed by atoms with Crippen LogP contribution in [0.3, 0.4) is 0 Å². The largest absolute Gasteiger partial charge is 0.474 e. The van der Waals surface area contributed by atoms with Crippen LogP contribution in [0.5, 0.6) is 5.88 Å². The first-order chi connectivity index (χ1) is 11.7. The molecule has 5 nitrogen and oxygen atoms in total. The molecule has 0 atom stereocenters. The number of nitrogens with zero attached hydrogens (tertiary/aromatic N) is 3. The molecule has 4 rings (SSSR count). The number of hydrogen-bond donors (Lipinski definition) is 1. The highest BCUT2D eigenvalue weighted by Gasteiger charge is 2.18. The third-order valence-electron chi connectivity index (χ3n) is 4.48. The van der Waals surface area contributed by atoms with Gasteiger partial charge >= 0.3 is 0 Å². The van der Waals surface area contributed by atoms with Crippen molar-refractivity contribution in [2.24, 2.45) is 0 Å². The van der Waals surface area contributed by atoms with Crippen LogP contribution in [0.1, 0.15) is 37.9 Å². The third kappa shape index (κ3) is 2.96. The van der Waals surface area contributed by atoms with Gasteiger partial charge in [-0.1, -0.05) is 18.0 Å². The quantitative estimate of drug-likeness (QED) is 0.701. The normalized spacial score (nSPS) is 15.8. The molecule has 1 N–H and O–H groups in total. The molecule has 3 heterocycles. The number of fused-ring (bicyclic) bond motifs is 1. The molecule has 0 aliphatic heterocycles. The number of aromatic amines is 1. The molecule has 124 valence electrons. The van der Waals surface area contributed by atoms with Crippen molar-refractivity contribution in [3.63, 3.8) is 0 Å². The van der Waals surface area contributed by atoms with E-state index in [0.717, 1.165) is 35.0 Å². The summed E-state index contributed by atoms with van der Waals surface area (Å²) >= 11 is 6.28. The highest BCUT2D eigenvalue weighted by molar-refractivity contribution is 6.35. The van der Waals surface area contributed by atoms with E-state index < -0.39 is 0 Å². The molecular weight excluding hydrogens is 324 g/mol. The lowest BCUT2D eigenvalue weighted by Crippen LogP contribution is -2.20. The van der Waals surface area contributed by atoms with Crippen molar-refractivity contribution in [3.8, 4) is 17.1 Å². The highest BCUT2D eigenvalue weighted by atomic mass is 35.5. The van der Waals surface area contributed by atoms with Crippen molar-refractivity contribution in [1.82, 2.24) is 19.9 Å². The van der Waals surface area contributed by atoms with Gasteiger partial charge in [0, 0.05) is 29.4 Å². The molecule has 3 aromatic heterocycles. The van der Waals surface area contributed by atoms with E-state index >= 15 is 0 Å². The lowest BCUT2D eigenvalue weighted by molar-refractivity contribution is 0.148. The van der Waals surface area contributed by atoms with E-state index in [1.54, 1.807) is 6.20 Å². The molecule has 0 aromatic carbocycles. The zero-order valence-electron chi connectivity index (χ0n) is 13.6. The molecule has 1 aliphatic rings. The second kappa shape index (κ2) is 6.40. The zero-order chi connectivity index (χ0) is 16.5. The van der Waals surface area contributed by atoms with E-state index in [1.807, 2.05) is 25.3 Å². The molecular formula is C18H19ClN4O. The standard InChI is InChI=1S/C18H19ClN4O/c1-11-22-15(9-16(23-11)24-12-5-3-2-4-6-12)13-10-21-14-7-8-20-18(19)17(13)14/h7-10,12,21H,2-6H2,1H3. The fourth-order valence-corrected chi connectivity index (χ4v) is 3.59. The van der Waals surface area contributed by atoms with Gasteiger partial charge in [0.2, 0.25) is 5.88 Å². The van der Waals surface area contributed by atoms with Crippen LogP contribution in [-0.4, -0.2) is 26.0 Å². The average molecular weight is 343 g/mol. The van der Waals surface area contributed by atoms with Crippen molar-refractivity contribution < 1.29 is 4.74 Å². The van der Waals surface area contributed by atoms with Gasteiger partial charge in [-0.15, -0.1) is 0 Å². The topological polar surface area (TPSA) is 63.7 Å². The number of rotatable bonds is 3. The summed E-state index contributed by atoms with van der Waals surface area (Å²) in [7, 11) is 0. The first-order valence-corrected chi connectivity index (χ1v) is 8.73. The summed E-state index contributed by atoms with van der Waals surface area (Å²) in [4.78, 5) is 16.4. The van der Waals surface area contributed by atoms with Gasteiger partial charge in [-0.05, 0) is 38.7 Å². The Balaban J connectivity index is 1.72. The van der Waals surface area contributed by atoms with Gasteiger partial charge in [0.15, 0.2) is 0 Å². The number of pyridine rings is 1. The van der Waals surface area contributed by atoms with E-state index in [1.165, 1.54) is 19.3 Å². The number of hydrogen-bond acceptors (Lipinski definition) is 4. The van der Waals surface area contributed by atoms with Gasteiger partial charge in [0.25, 0.3) is 0 Å². The molecule has 3 aromatic rings. The Morgan fingerprint density at radius 3 is 2.88 bits per heavy atom. The smallest absolute Gasteiger partial charge is 0.217 e. The molecule has 1 saturated carbocycles. The first-order valence-electron chi connectivity index (χ1n) is 8.35.